The van der Waals surface area contributed by atoms with Crippen LogP contribution in [0.3, 0.4) is 0 Å². The van der Waals surface area contributed by atoms with Gasteiger partial charge in [0, 0.05) is 56.3 Å². The second kappa shape index (κ2) is 29.0. The highest BCUT2D eigenvalue weighted by molar-refractivity contribution is 6.04. The number of benzene rings is 19. The van der Waals surface area contributed by atoms with Gasteiger partial charge in [0.2, 0.25) is 0 Å². The average Bonchev–Trinajstić information content (AvgIpc) is 1.49. The maximum absolute atomic E-state index is 2.50. The van der Waals surface area contributed by atoms with Crippen LogP contribution >= 0.6 is 0 Å². The predicted octanol–water partition coefficient (Wildman–Crippen LogP) is 32.2. The van der Waals surface area contributed by atoms with Crippen molar-refractivity contribution in [2.45, 2.75) is 49.4 Å². The third-order valence-electron chi connectivity index (χ3n) is 28.1. The molecule has 596 valence electrons. The Bertz CT molecular complexity index is 7390. The van der Waals surface area contributed by atoms with Gasteiger partial charge in [-0.25, -0.2) is 0 Å². The van der Waals surface area contributed by atoms with Crippen molar-refractivity contribution in [1.29, 1.82) is 0 Å². The van der Waals surface area contributed by atoms with E-state index in [-0.39, 0.29) is 10.8 Å². The second-order valence-corrected chi connectivity index (χ2v) is 35.3. The summed E-state index contributed by atoms with van der Waals surface area (Å²) >= 11 is 0. The van der Waals surface area contributed by atoms with Gasteiger partial charge in [-0.2, -0.15) is 0 Å². The molecule has 0 bridgehead atoms. The number of nitrogens with zero attached hydrogens (tertiary/aromatic N) is 4. The van der Waals surface area contributed by atoms with Crippen molar-refractivity contribution in [3.8, 4) is 77.9 Å². The highest BCUT2D eigenvalue weighted by atomic mass is 15.2. The lowest BCUT2D eigenvalue weighted by Crippen LogP contribution is -2.36. The summed E-state index contributed by atoms with van der Waals surface area (Å²) in [5.74, 6) is 0. The zero-order valence-electron chi connectivity index (χ0n) is 70.7. The minimum Gasteiger partial charge on any atom is -0.310 e. The fraction of sp³-hybridized carbons (Fsp3) is 0.0656. The molecule has 2 aliphatic heterocycles. The molecule has 4 nitrogen and oxygen atoms in total. The summed E-state index contributed by atoms with van der Waals surface area (Å²) < 4.78 is 0. The Morgan fingerprint density at radius 1 is 0.167 bits per heavy atom. The van der Waals surface area contributed by atoms with Crippen molar-refractivity contribution >= 4 is 68.2 Å². The highest BCUT2D eigenvalue weighted by Gasteiger charge is 2.55. The fourth-order valence-corrected chi connectivity index (χ4v) is 22.6. The summed E-state index contributed by atoms with van der Waals surface area (Å²) in [5.41, 5.74) is 46.5. The van der Waals surface area contributed by atoms with Crippen LogP contribution in [0.15, 0.2) is 461 Å². The van der Waals surface area contributed by atoms with E-state index in [1.54, 1.807) is 0 Å². The quantitative estimate of drug-likeness (QED) is 0.128. The molecule has 25 rings (SSSR count). The van der Waals surface area contributed by atoms with E-state index in [4.69, 9.17) is 0 Å². The molecule has 2 spiro atoms. The van der Waals surface area contributed by atoms with Crippen LogP contribution in [-0.4, -0.2) is 0 Å². The van der Waals surface area contributed by atoms with Gasteiger partial charge in [-0.15, -0.1) is 0 Å². The normalized spacial score (nSPS) is 14.3. The molecule has 0 radical (unpaired) electrons. The predicted molar refractivity (Wildman–Crippen MR) is 525 cm³/mol. The molecule has 0 unspecified atom stereocenters. The Balaban J connectivity index is 0.000000142. The number of hydrogen-bond acceptors (Lipinski definition) is 4. The molecule has 0 saturated carbocycles. The molecule has 0 amide bonds. The van der Waals surface area contributed by atoms with E-state index in [2.05, 4.69) is 508 Å². The Morgan fingerprint density at radius 2 is 0.421 bits per heavy atom. The van der Waals surface area contributed by atoms with Crippen molar-refractivity contribution in [3.63, 3.8) is 0 Å². The van der Waals surface area contributed by atoms with Gasteiger partial charge in [-0.1, -0.05) is 355 Å². The van der Waals surface area contributed by atoms with E-state index in [0.29, 0.717) is 0 Å². The highest BCUT2D eigenvalue weighted by Crippen LogP contribution is 2.68. The lowest BCUT2D eigenvalue weighted by molar-refractivity contribution is 0.660. The van der Waals surface area contributed by atoms with Crippen LogP contribution in [0.2, 0.25) is 0 Å². The summed E-state index contributed by atoms with van der Waals surface area (Å²) in [6.45, 7) is 9.60. The van der Waals surface area contributed by atoms with Gasteiger partial charge in [0.05, 0.1) is 33.6 Å². The van der Waals surface area contributed by atoms with Gasteiger partial charge >= 0.3 is 0 Å². The SMILES string of the molecule is CC1(C)c2cc(-c3cccc4c3-c3ccccc3C43c4ccccc4N(c4ccccc4)c4ccccc43)ccc2-c2ccc(N(c3ccccc3)c3ccc(-c4ccccc4)cc3)cc21.CC1(C)c2cc(-c3cccc4c3-c3ccccc3C43c4ccccc4N(c4ccccc4)c4ccccc43)ccc2-c2ccc(N(c3ccccc3)c3ccccc3)cc21. The minimum atomic E-state index is -0.504. The van der Waals surface area contributed by atoms with Crippen molar-refractivity contribution in [3.05, 3.63) is 528 Å². The Labute approximate surface area is 737 Å². The lowest BCUT2D eigenvalue weighted by Gasteiger charge is -2.45. The van der Waals surface area contributed by atoms with Crippen LogP contribution in [0.5, 0.6) is 0 Å². The molecular weight excluding hydrogens is 1520 g/mol. The van der Waals surface area contributed by atoms with E-state index in [9.17, 15) is 0 Å². The molecule has 0 atom stereocenters. The first-order chi connectivity index (χ1) is 62.1. The molecule has 4 heteroatoms. The smallest absolute Gasteiger partial charge is 0.0754 e. The van der Waals surface area contributed by atoms with E-state index in [1.165, 1.54) is 167 Å². The standard InChI is InChI=1S/C64H46N2.C58H42N2/c1-63(2)58-41-45(35-39-51(58)52-40-38-49(42-59(52)63)65(46-21-8-4-9-22-46)48-36-33-44(34-37-48)43-19-6-3-7-20-43)50-26-18-30-57-62(50)53-25-12-13-27-54(53)64(57)55-28-14-16-31-60(55)66(47-23-10-5-11-24-47)61-32-17-15-29-56(61)64;1-57(2)52-37-39(33-35-45(52)46-36-34-43(38-53(46)57)59(40-19-6-3-7-20-40)41-21-8-4-9-22-41)44-26-18-30-51-56(44)47-25-12-13-27-48(47)58(51)49-28-14-16-31-54(49)60(42-23-10-5-11-24-42)55-32-17-15-29-50(55)58/h3-42H,1-2H3;3-38H,1-2H3. The lowest BCUT2D eigenvalue weighted by atomic mass is 9.64. The van der Waals surface area contributed by atoms with Crippen LogP contribution in [0.1, 0.15) is 94.5 Å². The van der Waals surface area contributed by atoms with Crippen LogP contribution < -0.4 is 19.6 Å². The summed E-state index contributed by atoms with van der Waals surface area (Å²) in [4.78, 5) is 9.66. The van der Waals surface area contributed by atoms with E-state index >= 15 is 0 Å². The third kappa shape index (κ3) is 11.0. The van der Waals surface area contributed by atoms with Crippen LogP contribution in [0.25, 0.3) is 77.9 Å². The van der Waals surface area contributed by atoms with Crippen molar-refractivity contribution < 1.29 is 0 Å². The largest absolute Gasteiger partial charge is 0.310 e. The Kier molecular flexibility index (Phi) is 17.1. The van der Waals surface area contributed by atoms with Crippen molar-refractivity contribution in [2.24, 2.45) is 0 Å². The van der Waals surface area contributed by atoms with E-state index in [1.807, 2.05) is 0 Å². The van der Waals surface area contributed by atoms with Crippen molar-refractivity contribution in [2.75, 3.05) is 19.6 Å². The van der Waals surface area contributed by atoms with E-state index in [0.717, 1.165) is 45.5 Å². The number of anilines is 12. The number of rotatable bonds is 11. The number of fused-ring (bicyclic) bond motifs is 24. The molecule has 4 aliphatic carbocycles. The maximum atomic E-state index is 2.50. The molecule has 2 heterocycles. The first-order valence-corrected chi connectivity index (χ1v) is 44.1. The summed E-state index contributed by atoms with van der Waals surface area (Å²) in [6, 6.07) is 171. The molecule has 0 aromatic heterocycles. The molecular formula is C122H88N4. The van der Waals surface area contributed by atoms with Gasteiger partial charge in [-0.05, 0) is 278 Å². The Morgan fingerprint density at radius 3 is 0.786 bits per heavy atom. The maximum Gasteiger partial charge on any atom is 0.0754 e. The fourth-order valence-electron chi connectivity index (χ4n) is 22.6. The summed E-state index contributed by atoms with van der Waals surface area (Å²) in [5, 5.41) is 0. The summed E-state index contributed by atoms with van der Waals surface area (Å²) in [7, 11) is 0. The van der Waals surface area contributed by atoms with Gasteiger partial charge < -0.3 is 19.6 Å². The zero-order chi connectivity index (χ0) is 84.0. The third-order valence-corrected chi connectivity index (χ3v) is 28.1. The number of hydrogen-bond donors (Lipinski definition) is 0. The molecule has 0 fully saturated rings. The van der Waals surface area contributed by atoms with Gasteiger partial charge in [0.1, 0.15) is 0 Å². The van der Waals surface area contributed by atoms with Crippen LogP contribution in [0.4, 0.5) is 68.2 Å². The first kappa shape index (κ1) is 74.2. The minimum absolute atomic E-state index is 0.213. The number of para-hydroxylation sites is 9. The average molecular weight is 1610 g/mol. The van der Waals surface area contributed by atoms with Gasteiger partial charge in [-0.3, -0.25) is 0 Å². The molecule has 126 heavy (non-hydrogen) atoms. The van der Waals surface area contributed by atoms with Crippen molar-refractivity contribution in [1.82, 2.24) is 0 Å². The second-order valence-electron chi connectivity index (χ2n) is 35.3. The molecule has 0 N–H and O–H groups in total. The molecule has 0 saturated heterocycles. The zero-order valence-corrected chi connectivity index (χ0v) is 70.7. The first-order valence-electron chi connectivity index (χ1n) is 44.1. The van der Waals surface area contributed by atoms with Crippen LogP contribution in [-0.2, 0) is 21.7 Å². The summed E-state index contributed by atoms with van der Waals surface area (Å²) in [6.07, 6.45) is 0. The van der Waals surface area contributed by atoms with Gasteiger partial charge in [0.25, 0.3) is 0 Å². The molecule has 19 aromatic carbocycles. The molecule has 6 aliphatic rings. The molecule has 19 aromatic rings. The van der Waals surface area contributed by atoms with E-state index < -0.39 is 10.8 Å². The van der Waals surface area contributed by atoms with Gasteiger partial charge in [0.15, 0.2) is 0 Å². The monoisotopic (exact) mass is 1610 g/mol. The Hall–Kier alpha value is -15.6. The van der Waals surface area contributed by atoms with Crippen LogP contribution in [0, 0.1) is 0 Å². The topological polar surface area (TPSA) is 13.0 Å².